The fourth-order valence-corrected chi connectivity index (χ4v) is 4.35. The van der Waals surface area contributed by atoms with Gasteiger partial charge in [-0.3, -0.25) is 24.6 Å². The van der Waals surface area contributed by atoms with E-state index in [9.17, 15) is 19.7 Å². The Hall–Kier alpha value is -3.39. The molecule has 152 valence electrons. The zero-order chi connectivity index (χ0) is 21.3. The summed E-state index contributed by atoms with van der Waals surface area (Å²) in [4.78, 5) is 36.9. The first kappa shape index (κ1) is 19.9. The van der Waals surface area contributed by atoms with Crippen molar-refractivity contribution in [1.29, 1.82) is 0 Å². The van der Waals surface area contributed by atoms with Crippen molar-refractivity contribution >= 4 is 45.6 Å². The van der Waals surface area contributed by atoms with Crippen LogP contribution in [0.2, 0.25) is 0 Å². The van der Waals surface area contributed by atoms with E-state index in [0.717, 1.165) is 40.2 Å². The molecular formula is C22H19N3O4S. The summed E-state index contributed by atoms with van der Waals surface area (Å²) in [7, 11) is 0. The molecule has 2 heterocycles. The molecule has 4 rings (SSSR count). The van der Waals surface area contributed by atoms with Gasteiger partial charge in [-0.25, -0.2) is 0 Å². The average Bonchev–Trinajstić information content (AvgIpc) is 3.21. The normalized spacial score (nSPS) is 15.5. The van der Waals surface area contributed by atoms with Crippen LogP contribution < -0.4 is 0 Å². The molecule has 8 heteroatoms. The Labute approximate surface area is 177 Å². The Kier molecular flexibility index (Phi) is 5.41. The number of hydrogen-bond acceptors (Lipinski definition) is 5. The van der Waals surface area contributed by atoms with Crippen molar-refractivity contribution in [3.05, 3.63) is 80.9 Å². The van der Waals surface area contributed by atoms with Gasteiger partial charge in [-0.1, -0.05) is 37.3 Å². The predicted octanol–water partition coefficient (Wildman–Crippen LogP) is 5.04. The van der Waals surface area contributed by atoms with Crippen molar-refractivity contribution in [1.82, 2.24) is 9.47 Å². The molecule has 0 radical (unpaired) electrons. The minimum atomic E-state index is -0.418. The molecule has 1 fully saturated rings. The molecule has 3 aromatic rings. The van der Waals surface area contributed by atoms with Gasteiger partial charge >= 0.3 is 0 Å². The van der Waals surface area contributed by atoms with Crippen LogP contribution in [0.1, 0.15) is 24.5 Å². The minimum Gasteiger partial charge on any atom is -0.342 e. The number of fused-ring (bicyclic) bond motifs is 1. The number of aromatic nitrogens is 1. The summed E-state index contributed by atoms with van der Waals surface area (Å²) in [6.45, 7) is 2.88. The maximum absolute atomic E-state index is 12.6. The molecule has 0 saturated carbocycles. The molecule has 0 unspecified atom stereocenters. The lowest BCUT2D eigenvalue weighted by Gasteiger charge is -2.09. The second-order valence-corrected chi connectivity index (χ2v) is 7.98. The molecule has 30 heavy (non-hydrogen) atoms. The van der Waals surface area contributed by atoms with Crippen molar-refractivity contribution in [2.45, 2.75) is 19.9 Å². The molecular weight excluding hydrogens is 402 g/mol. The molecule has 0 spiro atoms. The van der Waals surface area contributed by atoms with Crippen LogP contribution in [-0.2, 0) is 11.3 Å². The van der Waals surface area contributed by atoms with Crippen molar-refractivity contribution in [3.8, 4) is 0 Å². The van der Waals surface area contributed by atoms with Crippen molar-refractivity contribution in [3.63, 3.8) is 0 Å². The van der Waals surface area contributed by atoms with Gasteiger partial charge in [0.1, 0.15) is 0 Å². The molecule has 0 N–H and O–H groups in total. The quantitative estimate of drug-likeness (QED) is 0.316. The Morgan fingerprint density at radius 2 is 1.83 bits per heavy atom. The third-order valence-electron chi connectivity index (χ3n) is 4.93. The van der Waals surface area contributed by atoms with Gasteiger partial charge in [-0.05, 0) is 35.9 Å². The molecule has 1 saturated heterocycles. The largest absolute Gasteiger partial charge is 0.342 e. The highest BCUT2D eigenvalue weighted by Gasteiger charge is 2.34. The van der Waals surface area contributed by atoms with E-state index in [1.807, 2.05) is 42.0 Å². The smallest absolute Gasteiger partial charge is 0.293 e. The fraction of sp³-hybridized carbons (Fsp3) is 0.182. The Bertz CT molecular complexity index is 1180. The summed E-state index contributed by atoms with van der Waals surface area (Å²) in [6, 6.07) is 14.3. The predicted molar refractivity (Wildman–Crippen MR) is 117 cm³/mol. The van der Waals surface area contributed by atoms with Crippen LogP contribution in [-0.4, -0.2) is 32.1 Å². The summed E-state index contributed by atoms with van der Waals surface area (Å²) < 4.78 is 2.04. The van der Waals surface area contributed by atoms with Crippen molar-refractivity contribution < 1.29 is 14.5 Å². The number of imide groups is 1. The van der Waals surface area contributed by atoms with Gasteiger partial charge in [0, 0.05) is 47.9 Å². The third-order valence-corrected chi connectivity index (χ3v) is 5.83. The number of nitro benzene ring substituents is 1. The summed E-state index contributed by atoms with van der Waals surface area (Å²) in [6.07, 6.45) is 4.44. The molecule has 0 aliphatic carbocycles. The maximum Gasteiger partial charge on any atom is 0.293 e. The highest BCUT2D eigenvalue weighted by molar-refractivity contribution is 8.18. The van der Waals surface area contributed by atoms with E-state index in [4.69, 9.17) is 0 Å². The van der Waals surface area contributed by atoms with Crippen LogP contribution >= 0.6 is 11.8 Å². The summed E-state index contributed by atoms with van der Waals surface area (Å²) in [5.41, 5.74) is 2.82. The first-order valence-electron chi connectivity index (χ1n) is 9.54. The topological polar surface area (TPSA) is 85.4 Å². The summed E-state index contributed by atoms with van der Waals surface area (Å²) in [5.74, 6) is -0.251. The zero-order valence-corrected chi connectivity index (χ0v) is 17.1. The number of carbonyl (C=O) groups is 2. The summed E-state index contributed by atoms with van der Waals surface area (Å²) in [5, 5.41) is 11.6. The number of nitro groups is 1. The van der Waals surface area contributed by atoms with Crippen molar-refractivity contribution in [2.75, 3.05) is 6.54 Å². The first-order chi connectivity index (χ1) is 14.5. The summed E-state index contributed by atoms with van der Waals surface area (Å²) >= 11 is 0.968. The number of thioether (sulfide) groups is 1. The molecule has 0 bridgehead atoms. The van der Waals surface area contributed by atoms with E-state index in [1.54, 1.807) is 18.2 Å². The number of non-ortho nitro benzene ring substituents is 1. The number of benzene rings is 2. The van der Waals surface area contributed by atoms with Crippen LogP contribution in [0.3, 0.4) is 0 Å². The number of nitrogens with zero attached hydrogens (tertiary/aromatic N) is 3. The van der Waals surface area contributed by atoms with Gasteiger partial charge < -0.3 is 4.57 Å². The first-order valence-corrected chi connectivity index (χ1v) is 10.4. The van der Waals surface area contributed by atoms with Crippen LogP contribution in [0.25, 0.3) is 17.0 Å². The van der Waals surface area contributed by atoms with Gasteiger partial charge in [0.2, 0.25) is 0 Å². The van der Waals surface area contributed by atoms with Gasteiger partial charge in [0.05, 0.1) is 9.83 Å². The van der Waals surface area contributed by atoms with Crippen LogP contribution in [0.15, 0.2) is 59.6 Å². The molecule has 2 aromatic carbocycles. The van der Waals surface area contributed by atoms with Gasteiger partial charge in [0.25, 0.3) is 16.8 Å². The number of hydrogen-bond donors (Lipinski definition) is 0. The molecule has 7 nitrogen and oxygen atoms in total. The number of carbonyl (C=O) groups excluding carboxylic acids is 2. The van der Waals surface area contributed by atoms with Gasteiger partial charge in [-0.15, -0.1) is 0 Å². The number of para-hydroxylation sites is 1. The van der Waals surface area contributed by atoms with Crippen LogP contribution in [0.5, 0.6) is 0 Å². The third kappa shape index (κ3) is 3.73. The Balaban J connectivity index is 1.68. The van der Waals surface area contributed by atoms with E-state index in [1.165, 1.54) is 17.0 Å². The SMILES string of the molecule is CCCN1C(=O)S/C(=C/c2cn(Cc3ccc([N+](=O)[O-])cc3)c3ccccc23)C1=O. The Morgan fingerprint density at radius 3 is 2.53 bits per heavy atom. The van der Waals surface area contributed by atoms with Gasteiger partial charge in [0.15, 0.2) is 0 Å². The molecule has 1 aliphatic heterocycles. The Morgan fingerprint density at radius 1 is 1.10 bits per heavy atom. The van der Waals surface area contributed by atoms with Crippen LogP contribution in [0.4, 0.5) is 10.5 Å². The number of rotatable bonds is 6. The molecule has 2 amide bonds. The second-order valence-electron chi connectivity index (χ2n) is 6.99. The van der Waals surface area contributed by atoms with E-state index >= 15 is 0 Å². The second kappa shape index (κ2) is 8.16. The van der Waals surface area contributed by atoms with E-state index in [0.29, 0.717) is 18.0 Å². The average molecular weight is 421 g/mol. The zero-order valence-electron chi connectivity index (χ0n) is 16.3. The molecule has 1 aliphatic rings. The van der Waals surface area contributed by atoms with E-state index in [-0.39, 0.29) is 16.8 Å². The molecule has 0 atom stereocenters. The number of amides is 2. The monoisotopic (exact) mass is 421 g/mol. The van der Waals surface area contributed by atoms with E-state index < -0.39 is 4.92 Å². The lowest BCUT2D eigenvalue weighted by Crippen LogP contribution is -2.28. The van der Waals surface area contributed by atoms with E-state index in [2.05, 4.69) is 0 Å². The maximum atomic E-state index is 12.6. The fourth-order valence-electron chi connectivity index (χ4n) is 3.50. The van der Waals surface area contributed by atoms with Gasteiger partial charge in [-0.2, -0.15) is 0 Å². The highest BCUT2D eigenvalue weighted by Crippen LogP contribution is 2.34. The standard InChI is InChI=1S/C22H19N3O4S/c1-2-11-24-21(26)20(30-22(24)27)12-16-14-23(19-6-4-3-5-18(16)19)13-15-7-9-17(10-8-15)25(28)29/h3-10,12,14H,2,11,13H2,1H3/b20-12+. The minimum absolute atomic E-state index is 0.0552. The molecule has 1 aromatic heterocycles. The van der Waals surface area contributed by atoms with Crippen LogP contribution in [0, 0.1) is 10.1 Å². The lowest BCUT2D eigenvalue weighted by molar-refractivity contribution is -0.384. The lowest BCUT2D eigenvalue weighted by atomic mass is 10.1. The van der Waals surface area contributed by atoms with Crippen molar-refractivity contribution in [2.24, 2.45) is 0 Å². The highest BCUT2D eigenvalue weighted by atomic mass is 32.2.